The number of likely N-dealkylation sites (tertiary alicyclic amines) is 1. The summed E-state index contributed by atoms with van der Waals surface area (Å²) in [5.74, 6) is -6.47. The number of H-pyrrole nitrogens is 1. The fourth-order valence-corrected chi connectivity index (χ4v) is 11.0. The molecule has 73 heavy (non-hydrogen) atoms. The topological polar surface area (TPSA) is 166 Å². The van der Waals surface area contributed by atoms with Gasteiger partial charge in [0.05, 0.1) is 31.3 Å². The summed E-state index contributed by atoms with van der Waals surface area (Å²) < 4.78 is 92.5. The Labute approximate surface area is 423 Å². The van der Waals surface area contributed by atoms with Gasteiger partial charge in [0.2, 0.25) is 23.6 Å². The number of hydrogen-bond donors (Lipinski definition) is 2. The predicted octanol–water partition coefficient (Wildman–Crippen LogP) is 7.82. The fourth-order valence-electron chi connectivity index (χ4n) is 10.8. The van der Waals surface area contributed by atoms with Crippen molar-refractivity contribution in [3.8, 4) is 11.1 Å². The summed E-state index contributed by atoms with van der Waals surface area (Å²) in [4.78, 5) is 89.9. The number of carbonyl (C=O) groups excluding carboxylic acids is 4. The zero-order valence-corrected chi connectivity index (χ0v) is 42.1. The van der Waals surface area contributed by atoms with Crippen LogP contribution in [0.25, 0.3) is 22.2 Å². The molecule has 0 bridgehead atoms. The second-order valence-electron chi connectivity index (χ2n) is 20.5. The number of alkyl halides is 6. The first kappa shape index (κ1) is 53.6. The number of amides is 4. The van der Waals surface area contributed by atoms with Crippen LogP contribution >= 0.6 is 11.6 Å². The third-order valence-corrected chi connectivity index (χ3v) is 15.0. The molecule has 3 saturated heterocycles. The van der Waals surface area contributed by atoms with Crippen molar-refractivity contribution in [1.29, 1.82) is 0 Å². The Balaban J connectivity index is 1.08. The highest BCUT2D eigenvalue weighted by Gasteiger charge is 2.75. The lowest BCUT2D eigenvalue weighted by molar-refractivity contribution is -0.299. The molecule has 2 N–H and O–H groups in total. The van der Waals surface area contributed by atoms with Crippen LogP contribution in [0.15, 0.2) is 53.6 Å². The maximum absolute atomic E-state index is 15.0. The molecule has 0 unspecified atom stereocenters. The summed E-state index contributed by atoms with van der Waals surface area (Å²) >= 11 is 6.62. The van der Waals surface area contributed by atoms with Gasteiger partial charge in [-0.2, -0.15) is 13.2 Å². The summed E-state index contributed by atoms with van der Waals surface area (Å²) in [5.41, 5.74) is -2.11. The Hall–Kier alpha value is -5.70. The average Bonchev–Trinajstić information content (AvgIpc) is 3.96. The van der Waals surface area contributed by atoms with E-state index in [9.17, 15) is 45.9 Å². The van der Waals surface area contributed by atoms with Gasteiger partial charge in [0.1, 0.15) is 35.9 Å². The van der Waals surface area contributed by atoms with Gasteiger partial charge in [-0.1, -0.05) is 57.2 Å². The number of anilines is 1. The molecular weight excluding hydrogens is 984 g/mol. The van der Waals surface area contributed by atoms with Crippen LogP contribution in [0.5, 0.6) is 0 Å². The molecular formula is C51H62ClF6N9O6. The Morgan fingerprint density at radius 3 is 2.32 bits per heavy atom. The number of nitrogens with zero attached hydrogens (tertiary/aromatic N) is 7. The molecule has 0 radical (unpaired) electrons. The number of fused-ring (bicyclic) bond motifs is 1. The molecule has 15 nitrogen and oxygen atoms in total. The van der Waals surface area contributed by atoms with E-state index in [1.807, 2.05) is 32.0 Å². The Morgan fingerprint density at radius 2 is 1.64 bits per heavy atom. The highest BCUT2D eigenvalue weighted by atomic mass is 35.5. The van der Waals surface area contributed by atoms with E-state index >= 15 is 4.39 Å². The SMILES string of the molecule is CC(C)C[C@@H]1NC(=O)[C@@H](n2ccc3[nH]c([C@@H]4C[C@@H](F)CN4C(=O)C4(C(F)(F)F)CC(F)(F)C4)nc3c2=O)CCCCCCCN(C)C(=O)[C@H](Cc2cc(Cl)ccc2-c2ccc(N3CCOCC3)nc2)N(C)C1=O. The maximum atomic E-state index is 15.0. The van der Waals surface area contributed by atoms with Crippen LogP contribution in [-0.2, 0) is 30.3 Å². The molecule has 4 fully saturated rings. The van der Waals surface area contributed by atoms with Crippen molar-refractivity contribution in [2.45, 2.75) is 127 Å². The zero-order chi connectivity index (χ0) is 52.6. The van der Waals surface area contributed by atoms with E-state index in [2.05, 4.69) is 20.2 Å². The number of imidazole rings is 1. The lowest BCUT2D eigenvalue weighted by atomic mass is 9.64. The van der Waals surface area contributed by atoms with Crippen LogP contribution in [0, 0.1) is 11.3 Å². The molecule has 4 aromatic rings. The van der Waals surface area contributed by atoms with Gasteiger partial charge < -0.3 is 39.2 Å². The molecule has 4 aliphatic rings. The minimum absolute atomic E-state index is 0.0659. The Morgan fingerprint density at radius 1 is 0.932 bits per heavy atom. The first-order valence-corrected chi connectivity index (χ1v) is 25.4. The molecule has 3 aromatic heterocycles. The molecule has 1 aliphatic carbocycles. The third-order valence-electron chi connectivity index (χ3n) is 14.8. The van der Waals surface area contributed by atoms with Crippen molar-refractivity contribution in [3.63, 3.8) is 0 Å². The number of carbonyl (C=O) groups is 4. The Bertz CT molecular complexity index is 2720. The molecule has 0 spiro atoms. The van der Waals surface area contributed by atoms with Crippen molar-refractivity contribution in [1.82, 2.24) is 39.5 Å². The largest absolute Gasteiger partial charge is 0.403 e. The van der Waals surface area contributed by atoms with E-state index in [-0.39, 0.29) is 47.9 Å². The van der Waals surface area contributed by atoms with E-state index in [0.29, 0.717) is 67.6 Å². The second kappa shape index (κ2) is 21.6. The van der Waals surface area contributed by atoms with Gasteiger partial charge in [0.25, 0.3) is 11.5 Å². The molecule has 5 atom stereocenters. The molecule has 1 saturated carbocycles. The number of benzene rings is 1. The van der Waals surface area contributed by atoms with Crippen LogP contribution in [0.2, 0.25) is 5.02 Å². The van der Waals surface area contributed by atoms with E-state index in [4.69, 9.17) is 21.3 Å². The predicted molar refractivity (Wildman–Crippen MR) is 261 cm³/mol. The van der Waals surface area contributed by atoms with Gasteiger partial charge in [-0.3, -0.25) is 24.0 Å². The lowest BCUT2D eigenvalue weighted by Gasteiger charge is -2.48. The lowest BCUT2D eigenvalue weighted by Crippen LogP contribution is -2.63. The van der Waals surface area contributed by atoms with Crippen LogP contribution in [-0.4, -0.2) is 142 Å². The van der Waals surface area contributed by atoms with Gasteiger partial charge in [0.15, 0.2) is 10.9 Å². The average molecular weight is 1050 g/mol. The van der Waals surface area contributed by atoms with Gasteiger partial charge in [-0.15, -0.1) is 0 Å². The zero-order valence-electron chi connectivity index (χ0n) is 41.3. The summed E-state index contributed by atoms with van der Waals surface area (Å²) in [6.45, 7) is 6.01. The number of pyridine rings is 2. The van der Waals surface area contributed by atoms with Crippen molar-refractivity contribution in [2.75, 3.05) is 58.4 Å². The number of halogens is 7. The number of aromatic amines is 1. The molecule has 1 aromatic carbocycles. The second-order valence-corrected chi connectivity index (χ2v) is 20.9. The maximum Gasteiger partial charge on any atom is 0.403 e. The van der Waals surface area contributed by atoms with Crippen molar-refractivity contribution >= 4 is 52.1 Å². The number of hydrogen-bond acceptors (Lipinski definition) is 9. The number of likely N-dealkylation sites (N-methyl/N-ethyl adjacent to an activating group) is 2. The van der Waals surface area contributed by atoms with Gasteiger partial charge in [0, 0.05) is 82.4 Å². The molecule has 6 heterocycles. The molecule has 3 aliphatic heterocycles. The third kappa shape index (κ3) is 11.4. The normalized spacial score (nSPS) is 24.8. The molecule has 22 heteroatoms. The van der Waals surface area contributed by atoms with Crippen molar-refractivity contribution in [3.05, 3.63) is 75.6 Å². The standard InChI is InChI=1S/C51H62ClF6N9O6/c1-30(2)22-37-45(69)64(4)40(24-32-23-33(52)12-13-35(32)31-11-14-41(59-26-31)65-18-20-73-21-19-65)46(70)63(3)16-9-7-5-6-8-10-38(44(68)61-37)66-17-15-36-42(47(66)71)62-43(60-36)39-25-34(53)27-67(39)48(72)49(51(56,57)58)28-50(54,55)29-49/h11-15,17,23,26,30,34,37-40H,5-10,16,18-22,24-25,27-29H2,1-4H3,(H,60,62)(H,61,68)/t34-,37+,38+,39+,40+/m1/s1. The highest BCUT2D eigenvalue weighted by molar-refractivity contribution is 6.30. The minimum atomic E-state index is -5.34. The van der Waals surface area contributed by atoms with Crippen molar-refractivity contribution in [2.24, 2.45) is 11.3 Å². The number of nitrogens with one attached hydrogen (secondary N) is 2. The molecule has 4 amide bonds. The molecule has 8 rings (SSSR count). The van der Waals surface area contributed by atoms with Crippen LogP contribution < -0.4 is 15.8 Å². The summed E-state index contributed by atoms with van der Waals surface area (Å²) in [5, 5.41) is 3.35. The molecule has 396 valence electrons. The summed E-state index contributed by atoms with van der Waals surface area (Å²) in [6.07, 6.45) is -4.38. The van der Waals surface area contributed by atoms with Crippen molar-refractivity contribution < 1.29 is 50.3 Å². The van der Waals surface area contributed by atoms with E-state index in [0.717, 1.165) is 29.8 Å². The fraction of sp³-hybridized carbons (Fsp3) is 0.588. The smallest absolute Gasteiger partial charge is 0.378 e. The minimum Gasteiger partial charge on any atom is -0.378 e. The quantitative estimate of drug-likeness (QED) is 0.159. The summed E-state index contributed by atoms with van der Waals surface area (Å²) in [7, 11) is 3.24. The van der Waals surface area contributed by atoms with Crippen LogP contribution in [0.4, 0.5) is 32.2 Å². The first-order chi connectivity index (χ1) is 34.6. The number of rotatable bonds is 9. The van der Waals surface area contributed by atoms with Gasteiger partial charge in [-0.25, -0.2) is 23.1 Å². The van der Waals surface area contributed by atoms with E-state index < -0.39 is 96.9 Å². The monoisotopic (exact) mass is 1050 g/mol. The number of morpholine rings is 1. The Kier molecular flexibility index (Phi) is 15.9. The van der Waals surface area contributed by atoms with Crippen LogP contribution in [0.1, 0.15) is 102 Å². The summed E-state index contributed by atoms with van der Waals surface area (Å²) in [6, 6.07) is 5.87. The van der Waals surface area contributed by atoms with E-state index in [1.165, 1.54) is 28.8 Å². The highest BCUT2D eigenvalue weighted by Crippen LogP contribution is 2.61. The number of ether oxygens (including phenoxy) is 1. The number of aromatic nitrogens is 4. The van der Waals surface area contributed by atoms with Crippen LogP contribution in [0.3, 0.4) is 0 Å². The van der Waals surface area contributed by atoms with Gasteiger partial charge >= 0.3 is 6.18 Å². The van der Waals surface area contributed by atoms with E-state index in [1.54, 1.807) is 30.3 Å². The first-order valence-electron chi connectivity index (χ1n) is 25.0. The van der Waals surface area contributed by atoms with Gasteiger partial charge in [-0.05, 0) is 66.6 Å².